The summed E-state index contributed by atoms with van der Waals surface area (Å²) in [5, 5.41) is 3.16. The van der Waals surface area contributed by atoms with Crippen molar-refractivity contribution in [3.8, 4) is 0 Å². The van der Waals surface area contributed by atoms with Crippen LogP contribution in [0, 0.1) is 0 Å². The van der Waals surface area contributed by atoms with Crippen LogP contribution in [0.25, 0.3) is 0 Å². The fourth-order valence-electron chi connectivity index (χ4n) is 2.13. The Hall–Kier alpha value is -1.59. The highest BCUT2D eigenvalue weighted by molar-refractivity contribution is 6.30. The Balaban J connectivity index is 2.36. The van der Waals surface area contributed by atoms with Crippen LogP contribution in [0.5, 0.6) is 0 Å². The van der Waals surface area contributed by atoms with Crippen molar-refractivity contribution in [2.24, 2.45) is 0 Å². The molecule has 2 rings (SSSR count). The molecule has 6 heteroatoms. The summed E-state index contributed by atoms with van der Waals surface area (Å²) in [4.78, 5) is 25.1. The summed E-state index contributed by atoms with van der Waals surface area (Å²) in [7, 11) is 3.21. The van der Waals surface area contributed by atoms with Gasteiger partial charge in [-0.1, -0.05) is 23.7 Å². The van der Waals surface area contributed by atoms with E-state index in [1.54, 1.807) is 38.4 Å². The molecule has 1 fully saturated rings. The Bertz CT molecular complexity index is 489. The molecule has 0 aromatic heterocycles. The number of halogens is 1. The minimum atomic E-state index is -0.714. The van der Waals surface area contributed by atoms with Gasteiger partial charge >= 0.3 is 0 Å². The number of morpholine rings is 1. The van der Waals surface area contributed by atoms with Crippen molar-refractivity contribution in [3.63, 3.8) is 0 Å². The van der Waals surface area contributed by atoms with Crippen LogP contribution in [0.3, 0.4) is 0 Å². The predicted molar refractivity (Wildman–Crippen MR) is 70.8 cm³/mol. The van der Waals surface area contributed by atoms with Gasteiger partial charge in [0.25, 0.3) is 5.91 Å². The van der Waals surface area contributed by atoms with Crippen molar-refractivity contribution in [1.29, 1.82) is 0 Å². The average Bonchev–Trinajstić information content (AvgIpc) is 2.42. The smallest absolute Gasteiger partial charge is 0.251 e. The second-order valence-corrected chi connectivity index (χ2v) is 4.78. The summed E-state index contributed by atoms with van der Waals surface area (Å²) in [6.07, 6.45) is -0.714. The van der Waals surface area contributed by atoms with Crippen LogP contribution >= 0.6 is 11.6 Å². The zero-order chi connectivity index (χ0) is 14.0. The van der Waals surface area contributed by atoms with Crippen molar-refractivity contribution in [2.75, 3.05) is 20.7 Å². The van der Waals surface area contributed by atoms with Crippen molar-refractivity contribution in [2.45, 2.75) is 12.1 Å². The Kier molecular flexibility index (Phi) is 4.07. The highest BCUT2D eigenvalue weighted by Gasteiger charge is 2.39. The van der Waals surface area contributed by atoms with Crippen molar-refractivity contribution in [3.05, 3.63) is 34.9 Å². The predicted octanol–water partition coefficient (Wildman–Crippen LogP) is 0.984. The number of carbonyl (C=O) groups excluding carboxylic acids is 2. The van der Waals surface area contributed by atoms with E-state index < -0.39 is 12.1 Å². The fourth-order valence-corrected chi connectivity index (χ4v) is 2.26. The first-order valence-electron chi connectivity index (χ1n) is 5.89. The van der Waals surface area contributed by atoms with Crippen LogP contribution in [-0.4, -0.2) is 43.5 Å². The number of ether oxygens (including phenoxy) is 1. The molecule has 5 nitrogen and oxygen atoms in total. The topological polar surface area (TPSA) is 58.6 Å². The van der Waals surface area contributed by atoms with Crippen LogP contribution in [0.1, 0.15) is 11.6 Å². The van der Waals surface area contributed by atoms with Crippen LogP contribution in [0.4, 0.5) is 0 Å². The first-order chi connectivity index (χ1) is 9.04. The van der Waals surface area contributed by atoms with Gasteiger partial charge in [-0.05, 0) is 17.7 Å². The lowest BCUT2D eigenvalue weighted by molar-refractivity contribution is -0.161. The maximum absolute atomic E-state index is 11.9. The molecule has 2 atom stereocenters. The summed E-state index contributed by atoms with van der Waals surface area (Å²) in [6, 6.07) is 6.59. The molecule has 1 aliphatic heterocycles. The number of hydrogen-bond acceptors (Lipinski definition) is 3. The Morgan fingerprint density at radius 1 is 1.42 bits per heavy atom. The maximum atomic E-state index is 11.9. The fraction of sp³-hybridized carbons (Fsp3) is 0.385. The van der Waals surface area contributed by atoms with E-state index in [9.17, 15) is 9.59 Å². The summed E-state index contributed by atoms with van der Waals surface area (Å²) < 4.78 is 5.37. The lowest BCUT2D eigenvalue weighted by Crippen LogP contribution is -2.52. The summed E-state index contributed by atoms with van der Waals surface area (Å²) in [5.41, 5.74) is 0.813. The number of nitrogens with one attached hydrogen (secondary N) is 1. The van der Waals surface area contributed by atoms with Gasteiger partial charge in [0.1, 0.15) is 6.61 Å². The number of likely N-dealkylation sites (N-methyl/N-ethyl adjacent to an activating group) is 2. The Labute approximate surface area is 116 Å². The highest BCUT2D eigenvalue weighted by atomic mass is 35.5. The molecule has 1 aliphatic rings. The van der Waals surface area contributed by atoms with Gasteiger partial charge in [-0.15, -0.1) is 0 Å². The van der Waals surface area contributed by atoms with Gasteiger partial charge in [0, 0.05) is 19.1 Å². The standard InChI is InChI=1S/C13H15ClN2O3/c1-15-13(18)12-11(16(2)10(17)7-19-12)8-3-5-9(14)6-4-8/h3-6,11-12H,7H2,1-2H3,(H,15,18)/t11-,12-/m1/s1. The zero-order valence-corrected chi connectivity index (χ0v) is 11.5. The molecule has 0 aliphatic carbocycles. The summed E-state index contributed by atoms with van der Waals surface area (Å²) in [6.45, 7) is -0.0846. The van der Waals surface area contributed by atoms with Crippen LogP contribution in [0.2, 0.25) is 5.02 Å². The van der Waals surface area contributed by atoms with Crippen LogP contribution in [0.15, 0.2) is 24.3 Å². The van der Waals surface area contributed by atoms with E-state index >= 15 is 0 Å². The van der Waals surface area contributed by atoms with Crippen LogP contribution in [-0.2, 0) is 14.3 Å². The number of carbonyl (C=O) groups is 2. The largest absolute Gasteiger partial charge is 0.357 e. The number of nitrogens with zero attached hydrogens (tertiary/aromatic N) is 1. The van der Waals surface area contributed by atoms with Gasteiger partial charge in [-0.2, -0.15) is 0 Å². The second-order valence-electron chi connectivity index (χ2n) is 4.35. The molecule has 1 heterocycles. The Morgan fingerprint density at radius 2 is 2.05 bits per heavy atom. The first-order valence-corrected chi connectivity index (χ1v) is 6.26. The van der Waals surface area contributed by atoms with Gasteiger partial charge in [-0.3, -0.25) is 9.59 Å². The van der Waals surface area contributed by atoms with E-state index in [0.717, 1.165) is 5.56 Å². The van der Waals surface area contributed by atoms with E-state index in [0.29, 0.717) is 5.02 Å². The maximum Gasteiger partial charge on any atom is 0.251 e. The van der Waals surface area contributed by atoms with Crippen molar-refractivity contribution < 1.29 is 14.3 Å². The van der Waals surface area contributed by atoms with Crippen molar-refractivity contribution >= 4 is 23.4 Å². The summed E-state index contributed by atoms with van der Waals surface area (Å²) >= 11 is 5.85. The van der Waals surface area contributed by atoms with Gasteiger partial charge in [0.05, 0.1) is 6.04 Å². The molecule has 0 saturated carbocycles. The average molecular weight is 283 g/mol. The quantitative estimate of drug-likeness (QED) is 0.880. The molecule has 1 aromatic rings. The third-order valence-corrected chi connectivity index (χ3v) is 3.45. The van der Waals surface area contributed by atoms with E-state index in [-0.39, 0.29) is 18.4 Å². The molecule has 1 saturated heterocycles. The molecular weight excluding hydrogens is 268 g/mol. The minimum absolute atomic E-state index is 0.0846. The van der Waals surface area contributed by atoms with E-state index in [4.69, 9.17) is 16.3 Å². The van der Waals surface area contributed by atoms with Gasteiger partial charge < -0.3 is 15.0 Å². The third kappa shape index (κ3) is 2.72. The SMILES string of the molecule is CNC(=O)[C@@H]1OCC(=O)N(C)[C@@H]1c1ccc(Cl)cc1. The van der Waals surface area contributed by atoms with Gasteiger partial charge in [-0.25, -0.2) is 0 Å². The first kappa shape index (κ1) is 13.8. The monoisotopic (exact) mass is 282 g/mol. The number of rotatable bonds is 2. The molecule has 0 spiro atoms. The minimum Gasteiger partial charge on any atom is -0.357 e. The van der Waals surface area contributed by atoms with E-state index in [2.05, 4.69) is 5.32 Å². The molecule has 1 N–H and O–H groups in total. The van der Waals surface area contributed by atoms with Gasteiger partial charge in [0.15, 0.2) is 6.10 Å². The molecular formula is C13H15ClN2O3. The number of benzene rings is 1. The van der Waals surface area contributed by atoms with E-state index in [1.807, 2.05) is 0 Å². The molecule has 102 valence electrons. The number of hydrogen-bond donors (Lipinski definition) is 1. The second kappa shape index (κ2) is 5.59. The van der Waals surface area contributed by atoms with Gasteiger partial charge in [0.2, 0.25) is 5.91 Å². The molecule has 0 bridgehead atoms. The molecule has 19 heavy (non-hydrogen) atoms. The molecule has 0 unspecified atom stereocenters. The van der Waals surface area contributed by atoms with Crippen LogP contribution < -0.4 is 5.32 Å². The normalized spacial score (nSPS) is 23.3. The van der Waals surface area contributed by atoms with Crippen molar-refractivity contribution in [1.82, 2.24) is 10.2 Å². The highest BCUT2D eigenvalue weighted by Crippen LogP contribution is 2.29. The lowest BCUT2D eigenvalue weighted by atomic mass is 9.98. The lowest BCUT2D eigenvalue weighted by Gasteiger charge is -2.38. The zero-order valence-electron chi connectivity index (χ0n) is 10.7. The number of amides is 2. The molecule has 2 amide bonds. The van der Waals surface area contributed by atoms with E-state index in [1.165, 1.54) is 4.90 Å². The summed E-state index contributed by atoms with van der Waals surface area (Å²) in [5.74, 6) is -0.403. The third-order valence-electron chi connectivity index (χ3n) is 3.20. The molecule has 0 radical (unpaired) electrons. The molecule has 1 aromatic carbocycles. The Morgan fingerprint density at radius 3 is 2.63 bits per heavy atom.